The predicted octanol–water partition coefficient (Wildman–Crippen LogP) is 6.88. The van der Waals surface area contributed by atoms with E-state index in [1.165, 1.54) is 55.0 Å². The molecule has 1 unspecified atom stereocenters. The van der Waals surface area contributed by atoms with Gasteiger partial charge in [-0.2, -0.15) is 0 Å². The van der Waals surface area contributed by atoms with Gasteiger partial charge in [-0.25, -0.2) is 0 Å². The van der Waals surface area contributed by atoms with E-state index in [0.717, 1.165) is 11.8 Å². The summed E-state index contributed by atoms with van der Waals surface area (Å²) in [5.74, 6) is 1.82. The average molecular weight is 388 g/mol. The number of benzene rings is 1. The lowest BCUT2D eigenvalue weighted by Gasteiger charge is -2.31. The van der Waals surface area contributed by atoms with Gasteiger partial charge in [0.05, 0.1) is 0 Å². The molecular weight excluding hydrogens is 364 g/mol. The van der Waals surface area contributed by atoms with Crippen molar-refractivity contribution in [3.8, 4) is 0 Å². The molecule has 1 aliphatic rings. The molecule has 2 rings (SSSR count). The van der Waals surface area contributed by atoms with Gasteiger partial charge < -0.3 is 0 Å². The number of unbranched alkanes of at least 4 members (excludes halogenated alkanes) is 1. The van der Waals surface area contributed by atoms with Gasteiger partial charge in [-0.15, -0.1) is 0 Å². The predicted molar refractivity (Wildman–Crippen MR) is 90.8 cm³/mol. The molecule has 0 spiro atoms. The molecule has 0 aromatic heterocycles. The van der Waals surface area contributed by atoms with Crippen molar-refractivity contribution >= 4 is 31.9 Å². The third kappa shape index (κ3) is 4.60. The zero-order chi connectivity index (χ0) is 13.7. The summed E-state index contributed by atoms with van der Waals surface area (Å²) in [6, 6.07) is 8.78. The number of hydrogen-bond acceptors (Lipinski definition) is 0. The fourth-order valence-corrected chi connectivity index (χ4v) is 4.28. The standard InChI is InChI=1S/C17H24Br2/c1-2-3-4-13-5-7-14(8-6-13)17(19)15-9-11-16(18)12-10-15/h9-14,17H,2-8H2,1H3. The number of halogens is 2. The Hall–Kier alpha value is 0.180. The normalized spacial score (nSPS) is 25.2. The van der Waals surface area contributed by atoms with Crippen molar-refractivity contribution in [1.29, 1.82) is 0 Å². The Morgan fingerprint density at radius 2 is 1.74 bits per heavy atom. The van der Waals surface area contributed by atoms with Gasteiger partial charge in [0.15, 0.2) is 0 Å². The first-order valence-electron chi connectivity index (χ1n) is 7.60. The van der Waals surface area contributed by atoms with Crippen LogP contribution in [-0.4, -0.2) is 0 Å². The lowest BCUT2D eigenvalue weighted by molar-refractivity contribution is 0.257. The van der Waals surface area contributed by atoms with Crippen LogP contribution < -0.4 is 0 Å². The van der Waals surface area contributed by atoms with Crippen LogP contribution in [0.4, 0.5) is 0 Å². The molecule has 1 aliphatic carbocycles. The van der Waals surface area contributed by atoms with E-state index < -0.39 is 0 Å². The summed E-state index contributed by atoms with van der Waals surface area (Å²) in [6.07, 6.45) is 9.86. The van der Waals surface area contributed by atoms with Crippen LogP contribution in [0.3, 0.4) is 0 Å². The lowest BCUT2D eigenvalue weighted by Crippen LogP contribution is -2.18. The molecule has 1 fully saturated rings. The number of alkyl halides is 1. The Labute approximate surface area is 134 Å². The molecule has 106 valence electrons. The fourth-order valence-electron chi connectivity index (χ4n) is 3.18. The van der Waals surface area contributed by atoms with E-state index >= 15 is 0 Å². The van der Waals surface area contributed by atoms with Gasteiger partial charge >= 0.3 is 0 Å². The van der Waals surface area contributed by atoms with Gasteiger partial charge in [-0.1, -0.05) is 83.0 Å². The molecule has 0 amide bonds. The van der Waals surface area contributed by atoms with Crippen LogP contribution >= 0.6 is 31.9 Å². The van der Waals surface area contributed by atoms with Crippen molar-refractivity contribution in [2.45, 2.75) is 56.7 Å². The lowest BCUT2D eigenvalue weighted by atomic mass is 9.77. The first-order valence-corrected chi connectivity index (χ1v) is 9.31. The minimum atomic E-state index is 0.535. The highest BCUT2D eigenvalue weighted by molar-refractivity contribution is 9.10. The van der Waals surface area contributed by atoms with Crippen molar-refractivity contribution in [2.75, 3.05) is 0 Å². The molecule has 2 heteroatoms. The second kappa shape index (κ2) is 7.83. The molecule has 1 aromatic carbocycles. The van der Waals surface area contributed by atoms with Crippen molar-refractivity contribution in [1.82, 2.24) is 0 Å². The SMILES string of the molecule is CCCCC1CCC(C(Br)c2ccc(Br)cc2)CC1. The molecule has 0 nitrogen and oxygen atoms in total. The summed E-state index contributed by atoms with van der Waals surface area (Å²) >= 11 is 7.44. The van der Waals surface area contributed by atoms with Gasteiger partial charge in [0.25, 0.3) is 0 Å². The summed E-state index contributed by atoms with van der Waals surface area (Å²) in [7, 11) is 0. The van der Waals surface area contributed by atoms with E-state index in [-0.39, 0.29) is 0 Å². The third-order valence-corrected chi connectivity index (χ3v) is 6.26. The van der Waals surface area contributed by atoms with Crippen LogP contribution in [0.5, 0.6) is 0 Å². The van der Waals surface area contributed by atoms with Gasteiger partial charge in [-0.05, 0) is 42.4 Å². The maximum atomic E-state index is 3.93. The van der Waals surface area contributed by atoms with Gasteiger partial charge in [0.1, 0.15) is 0 Å². The topological polar surface area (TPSA) is 0 Å². The second-order valence-corrected chi connectivity index (χ2v) is 7.78. The van der Waals surface area contributed by atoms with Crippen molar-refractivity contribution in [3.63, 3.8) is 0 Å². The van der Waals surface area contributed by atoms with Gasteiger partial charge in [0.2, 0.25) is 0 Å². The Kier molecular flexibility index (Phi) is 6.41. The summed E-state index contributed by atoms with van der Waals surface area (Å²) in [5.41, 5.74) is 1.43. The molecule has 1 saturated carbocycles. The molecule has 1 aromatic rings. The first-order chi connectivity index (χ1) is 9.20. The summed E-state index contributed by atoms with van der Waals surface area (Å²) in [4.78, 5) is 0.535. The molecule has 0 aliphatic heterocycles. The van der Waals surface area contributed by atoms with Crippen LogP contribution in [0.2, 0.25) is 0 Å². The summed E-state index contributed by atoms with van der Waals surface area (Å²) in [5, 5.41) is 0. The Morgan fingerprint density at radius 1 is 1.11 bits per heavy atom. The quantitative estimate of drug-likeness (QED) is 0.483. The average Bonchev–Trinajstić information content (AvgIpc) is 2.46. The maximum absolute atomic E-state index is 3.93. The van der Waals surface area contributed by atoms with Gasteiger partial charge in [-0.3, -0.25) is 0 Å². The van der Waals surface area contributed by atoms with E-state index in [4.69, 9.17) is 0 Å². The first kappa shape index (κ1) is 15.6. The van der Waals surface area contributed by atoms with E-state index in [2.05, 4.69) is 63.0 Å². The van der Waals surface area contributed by atoms with Crippen molar-refractivity contribution in [3.05, 3.63) is 34.3 Å². The minimum absolute atomic E-state index is 0.535. The van der Waals surface area contributed by atoms with Crippen LogP contribution in [-0.2, 0) is 0 Å². The third-order valence-electron chi connectivity index (χ3n) is 4.46. The minimum Gasteiger partial charge on any atom is -0.0836 e. The van der Waals surface area contributed by atoms with Crippen molar-refractivity contribution < 1.29 is 0 Å². The molecule has 0 N–H and O–H groups in total. The van der Waals surface area contributed by atoms with E-state index in [1.807, 2.05) is 0 Å². The molecule has 1 atom stereocenters. The molecule has 0 saturated heterocycles. The van der Waals surface area contributed by atoms with Crippen LogP contribution in [0.25, 0.3) is 0 Å². The molecular formula is C17H24Br2. The Bertz CT molecular complexity index is 363. The molecule has 0 heterocycles. The fraction of sp³-hybridized carbons (Fsp3) is 0.647. The molecule has 0 radical (unpaired) electrons. The zero-order valence-corrected chi connectivity index (χ0v) is 14.9. The monoisotopic (exact) mass is 386 g/mol. The highest BCUT2D eigenvalue weighted by atomic mass is 79.9. The highest BCUT2D eigenvalue weighted by Crippen LogP contribution is 2.42. The van der Waals surface area contributed by atoms with E-state index in [1.54, 1.807) is 0 Å². The highest BCUT2D eigenvalue weighted by Gasteiger charge is 2.26. The summed E-state index contributed by atoms with van der Waals surface area (Å²) < 4.78 is 1.17. The van der Waals surface area contributed by atoms with E-state index in [9.17, 15) is 0 Å². The van der Waals surface area contributed by atoms with Crippen LogP contribution in [0.1, 0.15) is 62.3 Å². The Morgan fingerprint density at radius 3 is 2.32 bits per heavy atom. The van der Waals surface area contributed by atoms with Gasteiger partial charge in [0, 0.05) is 9.30 Å². The molecule has 0 bridgehead atoms. The largest absolute Gasteiger partial charge is 0.0836 e. The number of rotatable bonds is 5. The van der Waals surface area contributed by atoms with Crippen LogP contribution in [0.15, 0.2) is 28.7 Å². The Balaban J connectivity index is 1.85. The summed E-state index contributed by atoms with van der Waals surface area (Å²) in [6.45, 7) is 2.30. The zero-order valence-electron chi connectivity index (χ0n) is 11.7. The maximum Gasteiger partial charge on any atom is 0.0423 e. The van der Waals surface area contributed by atoms with Crippen molar-refractivity contribution in [2.24, 2.45) is 11.8 Å². The van der Waals surface area contributed by atoms with Crippen LogP contribution in [0, 0.1) is 11.8 Å². The smallest absolute Gasteiger partial charge is 0.0423 e. The number of hydrogen-bond donors (Lipinski definition) is 0. The second-order valence-electron chi connectivity index (χ2n) is 5.88. The molecule has 19 heavy (non-hydrogen) atoms. The van der Waals surface area contributed by atoms with E-state index in [0.29, 0.717) is 4.83 Å².